The molecule has 0 radical (unpaired) electrons. The smallest absolute Gasteiger partial charge is 0.219 e. The van der Waals surface area contributed by atoms with Crippen molar-refractivity contribution in [2.75, 3.05) is 12.4 Å². The Morgan fingerprint density at radius 1 is 1.13 bits per heavy atom. The van der Waals surface area contributed by atoms with Crippen LogP contribution in [0.2, 0.25) is 0 Å². The number of rotatable bonds is 7. The molecule has 1 heterocycles. The van der Waals surface area contributed by atoms with E-state index in [0.717, 1.165) is 52.0 Å². The minimum absolute atomic E-state index is 0.133. The summed E-state index contributed by atoms with van der Waals surface area (Å²) in [4.78, 5) is 22.9. The third-order valence-corrected chi connectivity index (χ3v) is 5.87. The van der Waals surface area contributed by atoms with Crippen LogP contribution in [0.4, 0.5) is 5.82 Å². The number of nitrogens with zero attached hydrogens (tertiary/aromatic N) is 3. The van der Waals surface area contributed by atoms with Gasteiger partial charge in [0.05, 0.1) is 12.6 Å². The van der Waals surface area contributed by atoms with E-state index < -0.39 is 0 Å². The SMILES string of the molecule is COc1ccc(CN(C(C)=O)C2CC2)cc1-c1ccc2ncnc(NC3CC3)c2c1. The van der Waals surface area contributed by atoms with Gasteiger partial charge in [-0.25, -0.2) is 9.97 Å². The van der Waals surface area contributed by atoms with Crippen molar-refractivity contribution in [3.8, 4) is 16.9 Å². The van der Waals surface area contributed by atoms with E-state index in [9.17, 15) is 4.79 Å². The van der Waals surface area contributed by atoms with Crippen LogP contribution in [-0.4, -0.2) is 40.0 Å². The molecule has 5 rings (SSSR count). The topological polar surface area (TPSA) is 67.3 Å². The number of nitrogens with one attached hydrogen (secondary N) is 1. The molecule has 2 aromatic carbocycles. The van der Waals surface area contributed by atoms with Gasteiger partial charge in [-0.3, -0.25) is 4.79 Å². The minimum atomic E-state index is 0.133. The van der Waals surface area contributed by atoms with Crippen molar-refractivity contribution in [3.63, 3.8) is 0 Å². The largest absolute Gasteiger partial charge is 0.496 e. The minimum Gasteiger partial charge on any atom is -0.496 e. The van der Waals surface area contributed by atoms with Crippen molar-refractivity contribution in [2.45, 2.75) is 51.2 Å². The maximum absolute atomic E-state index is 12.1. The zero-order valence-corrected chi connectivity index (χ0v) is 17.4. The number of hydrogen-bond acceptors (Lipinski definition) is 5. The predicted molar refractivity (Wildman–Crippen MR) is 117 cm³/mol. The van der Waals surface area contributed by atoms with Gasteiger partial charge in [0.2, 0.25) is 5.91 Å². The second-order valence-corrected chi connectivity index (χ2v) is 8.29. The van der Waals surface area contributed by atoms with Gasteiger partial charge in [-0.05, 0) is 61.1 Å². The lowest BCUT2D eigenvalue weighted by Crippen LogP contribution is -2.30. The first-order valence-corrected chi connectivity index (χ1v) is 10.6. The van der Waals surface area contributed by atoms with Crippen LogP contribution in [0.15, 0.2) is 42.7 Å². The number of amides is 1. The molecule has 1 aromatic heterocycles. The van der Waals surface area contributed by atoms with Gasteiger partial charge in [0.15, 0.2) is 0 Å². The van der Waals surface area contributed by atoms with Crippen molar-refractivity contribution in [1.29, 1.82) is 0 Å². The van der Waals surface area contributed by atoms with Gasteiger partial charge in [0, 0.05) is 36.5 Å². The van der Waals surface area contributed by atoms with Crippen LogP contribution in [0.5, 0.6) is 5.75 Å². The van der Waals surface area contributed by atoms with Crippen LogP contribution in [0, 0.1) is 0 Å². The van der Waals surface area contributed by atoms with Crippen molar-refractivity contribution in [2.24, 2.45) is 0 Å². The molecule has 0 aliphatic heterocycles. The van der Waals surface area contributed by atoms with Gasteiger partial charge in [-0.1, -0.05) is 12.1 Å². The first-order chi connectivity index (χ1) is 14.6. The van der Waals surface area contributed by atoms with Crippen molar-refractivity contribution < 1.29 is 9.53 Å². The number of anilines is 1. The van der Waals surface area contributed by atoms with Crippen LogP contribution in [0.25, 0.3) is 22.0 Å². The molecule has 2 fully saturated rings. The molecule has 0 spiro atoms. The van der Waals surface area contributed by atoms with Crippen molar-refractivity contribution in [1.82, 2.24) is 14.9 Å². The first-order valence-electron chi connectivity index (χ1n) is 10.6. The van der Waals surface area contributed by atoms with Crippen LogP contribution in [-0.2, 0) is 11.3 Å². The molecule has 0 bridgehead atoms. The molecule has 0 atom stereocenters. The lowest BCUT2D eigenvalue weighted by molar-refractivity contribution is -0.130. The Morgan fingerprint density at radius 3 is 2.67 bits per heavy atom. The summed E-state index contributed by atoms with van der Waals surface area (Å²) in [6.07, 6.45) is 6.19. The Hall–Kier alpha value is -3.15. The molecule has 2 saturated carbocycles. The highest BCUT2D eigenvalue weighted by molar-refractivity contribution is 5.93. The van der Waals surface area contributed by atoms with Crippen molar-refractivity contribution in [3.05, 3.63) is 48.3 Å². The quantitative estimate of drug-likeness (QED) is 0.635. The molecule has 1 N–H and O–H groups in total. The Balaban J connectivity index is 1.53. The van der Waals surface area contributed by atoms with Crippen LogP contribution in [0.3, 0.4) is 0 Å². The molecule has 6 heteroatoms. The van der Waals surface area contributed by atoms with Crippen LogP contribution >= 0.6 is 0 Å². The van der Waals surface area contributed by atoms with E-state index in [0.29, 0.717) is 18.6 Å². The molecule has 3 aromatic rings. The van der Waals surface area contributed by atoms with E-state index in [1.807, 2.05) is 23.1 Å². The van der Waals surface area contributed by atoms with Gasteiger partial charge in [-0.15, -0.1) is 0 Å². The Kier molecular flexibility index (Phi) is 4.77. The van der Waals surface area contributed by atoms with Gasteiger partial charge in [0.1, 0.15) is 17.9 Å². The van der Waals surface area contributed by atoms with E-state index in [2.05, 4.69) is 33.5 Å². The number of methoxy groups -OCH3 is 1. The number of benzene rings is 2. The highest BCUT2D eigenvalue weighted by atomic mass is 16.5. The zero-order valence-electron chi connectivity index (χ0n) is 17.4. The standard InChI is InChI=1S/C24H26N4O2/c1-15(29)28(19-7-8-19)13-16-3-10-23(30-2)20(11-16)17-4-9-22-21(12-17)24(26-14-25-22)27-18-5-6-18/h3-4,9-12,14,18-19H,5-8,13H2,1-2H3,(H,25,26,27). The Labute approximate surface area is 176 Å². The second-order valence-electron chi connectivity index (χ2n) is 8.29. The van der Waals surface area contributed by atoms with E-state index in [1.54, 1.807) is 20.4 Å². The highest BCUT2D eigenvalue weighted by Gasteiger charge is 2.30. The molecule has 2 aliphatic carbocycles. The predicted octanol–water partition coefficient (Wildman–Crippen LogP) is 4.39. The highest BCUT2D eigenvalue weighted by Crippen LogP contribution is 2.36. The fraction of sp³-hybridized carbons (Fsp3) is 0.375. The fourth-order valence-corrected chi connectivity index (χ4v) is 3.92. The van der Waals surface area contributed by atoms with Crippen LogP contribution in [0.1, 0.15) is 38.2 Å². The molecule has 2 aliphatic rings. The molecule has 1 amide bonds. The van der Waals surface area contributed by atoms with Gasteiger partial charge in [-0.2, -0.15) is 0 Å². The summed E-state index contributed by atoms with van der Waals surface area (Å²) < 4.78 is 5.66. The van der Waals surface area contributed by atoms with Gasteiger partial charge in [0.25, 0.3) is 0 Å². The summed E-state index contributed by atoms with van der Waals surface area (Å²) in [5.74, 6) is 1.83. The fourth-order valence-electron chi connectivity index (χ4n) is 3.92. The summed E-state index contributed by atoms with van der Waals surface area (Å²) >= 11 is 0. The molecule has 0 saturated heterocycles. The van der Waals surface area contributed by atoms with E-state index in [4.69, 9.17) is 4.74 Å². The Bertz CT molecular complexity index is 1110. The van der Waals surface area contributed by atoms with E-state index >= 15 is 0 Å². The molecular formula is C24H26N4O2. The van der Waals surface area contributed by atoms with Crippen molar-refractivity contribution >= 4 is 22.6 Å². The average Bonchev–Trinajstić information content (AvgIpc) is 3.67. The zero-order chi connectivity index (χ0) is 20.7. The maximum atomic E-state index is 12.1. The number of hydrogen-bond donors (Lipinski definition) is 1. The van der Waals surface area contributed by atoms with E-state index in [-0.39, 0.29) is 5.91 Å². The Morgan fingerprint density at radius 2 is 1.97 bits per heavy atom. The molecule has 30 heavy (non-hydrogen) atoms. The van der Waals surface area contributed by atoms with Crippen LogP contribution < -0.4 is 10.1 Å². The summed E-state index contributed by atoms with van der Waals surface area (Å²) in [5.41, 5.74) is 4.09. The third kappa shape index (κ3) is 3.82. The number of carbonyl (C=O) groups is 1. The molecule has 154 valence electrons. The molecular weight excluding hydrogens is 376 g/mol. The number of carbonyl (C=O) groups excluding carboxylic acids is 1. The average molecular weight is 402 g/mol. The van der Waals surface area contributed by atoms with E-state index in [1.165, 1.54) is 12.8 Å². The van der Waals surface area contributed by atoms with Gasteiger partial charge >= 0.3 is 0 Å². The maximum Gasteiger partial charge on any atom is 0.219 e. The second kappa shape index (κ2) is 7.59. The molecule has 6 nitrogen and oxygen atoms in total. The molecule has 0 unspecified atom stereocenters. The normalized spacial score (nSPS) is 15.8. The summed E-state index contributed by atoms with van der Waals surface area (Å²) in [6, 6.07) is 13.3. The first kappa shape index (κ1) is 18.9. The third-order valence-electron chi connectivity index (χ3n) is 5.87. The summed E-state index contributed by atoms with van der Waals surface area (Å²) in [7, 11) is 1.69. The lowest BCUT2D eigenvalue weighted by atomic mass is 9.99. The number of ether oxygens (including phenoxy) is 1. The number of fused-ring (bicyclic) bond motifs is 1. The summed E-state index contributed by atoms with van der Waals surface area (Å²) in [5, 5.41) is 4.52. The monoisotopic (exact) mass is 402 g/mol. The lowest BCUT2D eigenvalue weighted by Gasteiger charge is -2.21. The van der Waals surface area contributed by atoms with Gasteiger partial charge < -0.3 is 15.0 Å². The number of aromatic nitrogens is 2. The summed E-state index contributed by atoms with van der Waals surface area (Å²) in [6.45, 7) is 2.28.